The van der Waals surface area contributed by atoms with Crippen molar-refractivity contribution in [1.29, 1.82) is 0 Å². The molecule has 0 saturated carbocycles. The highest BCUT2D eigenvalue weighted by molar-refractivity contribution is 5.78. The molecule has 5 heteroatoms. The van der Waals surface area contributed by atoms with Gasteiger partial charge in [0.25, 0.3) is 5.56 Å². The van der Waals surface area contributed by atoms with Crippen molar-refractivity contribution in [2.24, 2.45) is 0 Å². The fourth-order valence-electron chi connectivity index (χ4n) is 2.93. The van der Waals surface area contributed by atoms with Crippen molar-refractivity contribution < 1.29 is 0 Å². The Morgan fingerprint density at radius 2 is 1.92 bits per heavy atom. The summed E-state index contributed by atoms with van der Waals surface area (Å²) >= 11 is 0. The fraction of sp³-hybridized carbons (Fsp3) is 0.158. The molecule has 4 rings (SSSR count). The Balaban J connectivity index is 1.42. The summed E-state index contributed by atoms with van der Waals surface area (Å²) in [6.45, 7) is 2.13. The number of rotatable bonds is 5. The summed E-state index contributed by atoms with van der Waals surface area (Å²) in [5, 5.41) is 4.39. The third-order valence-corrected chi connectivity index (χ3v) is 4.20. The quantitative estimate of drug-likeness (QED) is 0.556. The topological polar surface area (TPSA) is 62.7 Å². The van der Waals surface area contributed by atoms with Crippen LogP contribution in [0.15, 0.2) is 65.7 Å². The Morgan fingerprint density at radius 3 is 2.88 bits per heavy atom. The molecule has 2 aromatic heterocycles. The zero-order valence-corrected chi connectivity index (χ0v) is 13.2. The lowest BCUT2D eigenvalue weighted by molar-refractivity contribution is 0.605. The van der Waals surface area contributed by atoms with Gasteiger partial charge in [-0.05, 0) is 29.7 Å². The van der Waals surface area contributed by atoms with E-state index in [1.54, 1.807) is 0 Å². The van der Waals surface area contributed by atoms with E-state index in [4.69, 9.17) is 0 Å². The largest absolute Gasteiger partial charge is 0.329 e. The minimum Gasteiger partial charge on any atom is -0.329 e. The molecule has 0 amide bonds. The number of H-pyrrole nitrogens is 1. The average Bonchev–Trinajstić information content (AvgIpc) is 3.02. The molecule has 2 N–H and O–H groups in total. The molecule has 0 atom stereocenters. The molecule has 0 aliphatic carbocycles. The highest BCUT2D eigenvalue weighted by Gasteiger charge is 2.03. The van der Waals surface area contributed by atoms with E-state index >= 15 is 0 Å². The molecule has 2 aromatic carbocycles. The molecule has 0 radical (unpaired) electrons. The molecule has 5 nitrogen and oxygen atoms in total. The minimum absolute atomic E-state index is 0.0331. The maximum atomic E-state index is 12.1. The van der Waals surface area contributed by atoms with Crippen LogP contribution in [-0.2, 0) is 13.1 Å². The monoisotopic (exact) mass is 318 g/mol. The zero-order valence-electron chi connectivity index (χ0n) is 13.2. The van der Waals surface area contributed by atoms with Crippen LogP contribution in [0, 0.1) is 0 Å². The number of imidazole rings is 1. The third kappa shape index (κ3) is 2.81. The van der Waals surface area contributed by atoms with Crippen molar-refractivity contribution in [1.82, 2.24) is 19.9 Å². The van der Waals surface area contributed by atoms with E-state index in [0.717, 1.165) is 40.6 Å². The van der Waals surface area contributed by atoms with E-state index in [9.17, 15) is 4.79 Å². The number of hydrogen-bond donors (Lipinski definition) is 2. The van der Waals surface area contributed by atoms with Gasteiger partial charge in [0, 0.05) is 30.7 Å². The number of hydrogen-bond acceptors (Lipinski definition) is 3. The first-order valence-electron chi connectivity index (χ1n) is 8.03. The molecule has 2 heterocycles. The Bertz CT molecular complexity index is 1050. The van der Waals surface area contributed by atoms with Gasteiger partial charge in [-0.2, -0.15) is 0 Å². The number of aromatic amines is 1. The lowest BCUT2D eigenvalue weighted by atomic mass is 10.1. The maximum absolute atomic E-state index is 12.1. The van der Waals surface area contributed by atoms with Crippen molar-refractivity contribution in [3.8, 4) is 0 Å². The summed E-state index contributed by atoms with van der Waals surface area (Å²) in [6, 6.07) is 17.8. The van der Waals surface area contributed by atoms with Gasteiger partial charge in [0.05, 0.1) is 17.4 Å². The van der Waals surface area contributed by atoms with Crippen LogP contribution in [0.1, 0.15) is 5.56 Å². The van der Waals surface area contributed by atoms with Gasteiger partial charge in [-0.3, -0.25) is 4.79 Å². The summed E-state index contributed by atoms with van der Waals surface area (Å²) in [5.41, 5.74) is 3.72. The number of benzene rings is 2. The van der Waals surface area contributed by atoms with E-state index in [2.05, 4.69) is 25.9 Å². The van der Waals surface area contributed by atoms with Gasteiger partial charge in [-0.25, -0.2) is 4.98 Å². The van der Waals surface area contributed by atoms with Crippen LogP contribution >= 0.6 is 0 Å². The molecule has 4 aromatic rings. The molecule has 0 unspecified atom stereocenters. The number of fused-ring (bicyclic) bond motifs is 2. The van der Waals surface area contributed by atoms with E-state index in [0.29, 0.717) is 6.54 Å². The SMILES string of the molecule is O=c1[nH]c2ccccc2cc1CNCCn1cnc2ccccc21. The average molecular weight is 318 g/mol. The molecule has 0 spiro atoms. The number of nitrogens with zero attached hydrogens (tertiary/aromatic N) is 2. The van der Waals surface area contributed by atoms with Crippen LogP contribution in [0.2, 0.25) is 0 Å². The zero-order chi connectivity index (χ0) is 16.4. The smallest absolute Gasteiger partial charge is 0.252 e. The lowest BCUT2D eigenvalue weighted by Gasteiger charge is -2.07. The van der Waals surface area contributed by atoms with Crippen LogP contribution in [0.4, 0.5) is 0 Å². The number of para-hydroxylation sites is 3. The second-order valence-corrected chi connectivity index (χ2v) is 5.81. The highest BCUT2D eigenvalue weighted by Crippen LogP contribution is 2.11. The summed E-state index contributed by atoms with van der Waals surface area (Å²) in [6.07, 6.45) is 1.86. The lowest BCUT2D eigenvalue weighted by Crippen LogP contribution is -2.24. The molecular weight excluding hydrogens is 300 g/mol. The Hall–Kier alpha value is -2.92. The van der Waals surface area contributed by atoms with Gasteiger partial charge < -0.3 is 14.9 Å². The van der Waals surface area contributed by atoms with Crippen LogP contribution in [0.25, 0.3) is 21.9 Å². The summed E-state index contributed by atoms with van der Waals surface area (Å²) in [5.74, 6) is 0. The van der Waals surface area contributed by atoms with E-state index < -0.39 is 0 Å². The van der Waals surface area contributed by atoms with E-state index in [1.165, 1.54) is 0 Å². The van der Waals surface area contributed by atoms with Gasteiger partial charge in [0.15, 0.2) is 0 Å². The molecule has 0 fully saturated rings. The minimum atomic E-state index is -0.0331. The fourth-order valence-corrected chi connectivity index (χ4v) is 2.93. The summed E-state index contributed by atoms with van der Waals surface area (Å²) in [4.78, 5) is 19.4. The molecule has 0 aliphatic heterocycles. The van der Waals surface area contributed by atoms with E-state index in [-0.39, 0.29) is 5.56 Å². The van der Waals surface area contributed by atoms with Crippen LogP contribution in [-0.4, -0.2) is 21.1 Å². The predicted molar refractivity (Wildman–Crippen MR) is 96.0 cm³/mol. The molecular formula is C19H18N4O. The molecule has 0 aliphatic rings. The number of pyridine rings is 1. The van der Waals surface area contributed by atoms with Gasteiger partial charge in [-0.1, -0.05) is 30.3 Å². The van der Waals surface area contributed by atoms with E-state index in [1.807, 2.05) is 54.9 Å². The van der Waals surface area contributed by atoms with Gasteiger partial charge in [0.1, 0.15) is 0 Å². The van der Waals surface area contributed by atoms with Gasteiger partial charge in [0.2, 0.25) is 0 Å². The first-order valence-corrected chi connectivity index (χ1v) is 8.03. The standard InChI is InChI=1S/C19H18N4O/c24-19-15(11-14-5-1-2-6-16(14)22-19)12-20-9-10-23-13-21-17-7-3-4-8-18(17)23/h1-8,11,13,20H,9-10,12H2,(H,22,24). The van der Waals surface area contributed by atoms with Crippen molar-refractivity contribution in [3.05, 3.63) is 76.8 Å². The molecule has 0 saturated heterocycles. The Morgan fingerprint density at radius 1 is 1.08 bits per heavy atom. The van der Waals surface area contributed by atoms with Crippen LogP contribution in [0.3, 0.4) is 0 Å². The molecule has 0 bridgehead atoms. The molecule has 120 valence electrons. The maximum Gasteiger partial charge on any atom is 0.252 e. The number of aromatic nitrogens is 3. The molecule has 24 heavy (non-hydrogen) atoms. The van der Waals surface area contributed by atoms with Gasteiger partial charge in [-0.15, -0.1) is 0 Å². The predicted octanol–water partition coefficient (Wildman–Crippen LogP) is 2.67. The third-order valence-electron chi connectivity index (χ3n) is 4.20. The second kappa shape index (κ2) is 6.29. The highest BCUT2D eigenvalue weighted by atomic mass is 16.1. The first-order chi connectivity index (χ1) is 11.8. The number of nitrogens with one attached hydrogen (secondary N) is 2. The first kappa shape index (κ1) is 14.7. The Labute approximate surface area is 139 Å². The van der Waals surface area contributed by atoms with Crippen molar-refractivity contribution in [3.63, 3.8) is 0 Å². The van der Waals surface area contributed by atoms with Crippen molar-refractivity contribution >= 4 is 21.9 Å². The second-order valence-electron chi connectivity index (χ2n) is 5.81. The van der Waals surface area contributed by atoms with Crippen LogP contribution in [0.5, 0.6) is 0 Å². The summed E-state index contributed by atoms with van der Waals surface area (Å²) < 4.78 is 2.12. The summed E-state index contributed by atoms with van der Waals surface area (Å²) in [7, 11) is 0. The van der Waals surface area contributed by atoms with Crippen molar-refractivity contribution in [2.45, 2.75) is 13.1 Å². The Kier molecular flexibility index (Phi) is 3.84. The van der Waals surface area contributed by atoms with Crippen LogP contribution < -0.4 is 10.9 Å². The van der Waals surface area contributed by atoms with Gasteiger partial charge >= 0.3 is 0 Å². The normalized spacial score (nSPS) is 11.3. The van der Waals surface area contributed by atoms with Crippen molar-refractivity contribution in [2.75, 3.05) is 6.54 Å².